The molecule has 98 valence electrons. The SMILES string of the molecule is CC(=O)N1CC(C)(C)c2ccc(S(=O)(=O)O)cc21. The summed E-state index contributed by atoms with van der Waals surface area (Å²) in [5.74, 6) is -0.144. The highest BCUT2D eigenvalue weighted by atomic mass is 32.2. The summed E-state index contributed by atoms with van der Waals surface area (Å²) in [6.45, 7) is 5.92. The summed E-state index contributed by atoms with van der Waals surface area (Å²) < 4.78 is 31.3. The fourth-order valence-corrected chi connectivity index (χ4v) is 2.81. The third-order valence-corrected chi connectivity index (χ3v) is 4.07. The van der Waals surface area contributed by atoms with Gasteiger partial charge in [0, 0.05) is 24.6 Å². The zero-order valence-electron chi connectivity index (χ0n) is 10.5. The second-order valence-corrected chi connectivity index (χ2v) is 6.56. The van der Waals surface area contributed by atoms with Crippen LogP contribution >= 0.6 is 0 Å². The Morgan fingerprint density at radius 3 is 2.50 bits per heavy atom. The van der Waals surface area contributed by atoms with Crippen molar-refractivity contribution in [1.29, 1.82) is 0 Å². The Labute approximate surface area is 106 Å². The molecule has 6 heteroatoms. The van der Waals surface area contributed by atoms with Crippen molar-refractivity contribution in [2.75, 3.05) is 11.4 Å². The molecule has 1 amide bonds. The van der Waals surface area contributed by atoms with Crippen LogP contribution in [0.15, 0.2) is 23.1 Å². The maximum absolute atomic E-state index is 11.6. The van der Waals surface area contributed by atoms with Gasteiger partial charge in [0.05, 0.1) is 4.90 Å². The number of nitrogens with zero attached hydrogens (tertiary/aromatic N) is 1. The van der Waals surface area contributed by atoms with Gasteiger partial charge >= 0.3 is 0 Å². The van der Waals surface area contributed by atoms with E-state index in [1.165, 1.54) is 24.0 Å². The molecule has 0 aromatic heterocycles. The molecule has 18 heavy (non-hydrogen) atoms. The predicted molar refractivity (Wildman–Crippen MR) is 67.3 cm³/mol. The van der Waals surface area contributed by atoms with Gasteiger partial charge in [-0.05, 0) is 17.7 Å². The summed E-state index contributed by atoms with van der Waals surface area (Å²) in [7, 11) is -4.25. The minimum atomic E-state index is -4.25. The van der Waals surface area contributed by atoms with Crippen LogP contribution in [-0.2, 0) is 20.3 Å². The van der Waals surface area contributed by atoms with E-state index in [1.54, 1.807) is 6.07 Å². The van der Waals surface area contributed by atoms with E-state index < -0.39 is 10.1 Å². The van der Waals surface area contributed by atoms with E-state index in [9.17, 15) is 13.2 Å². The summed E-state index contributed by atoms with van der Waals surface area (Å²) >= 11 is 0. The Kier molecular flexibility index (Phi) is 2.75. The Hall–Kier alpha value is -1.40. The monoisotopic (exact) mass is 269 g/mol. The maximum Gasteiger partial charge on any atom is 0.294 e. The molecule has 0 spiro atoms. The number of rotatable bonds is 1. The molecule has 0 bridgehead atoms. The number of amides is 1. The highest BCUT2D eigenvalue weighted by Crippen LogP contribution is 2.41. The van der Waals surface area contributed by atoms with Crippen LogP contribution in [0, 0.1) is 0 Å². The third-order valence-electron chi connectivity index (χ3n) is 3.22. The van der Waals surface area contributed by atoms with Crippen LogP contribution in [0.4, 0.5) is 5.69 Å². The van der Waals surface area contributed by atoms with Gasteiger partial charge in [0.25, 0.3) is 10.1 Å². The van der Waals surface area contributed by atoms with E-state index in [1.807, 2.05) is 13.8 Å². The van der Waals surface area contributed by atoms with Gasteiger partial charge in [-0.15, -0.1) is 0 Å². The van der Waals surface area contributed by atoms with Crippen molar-refractivity contribution in [2.45, 2.75) is 31.1 Å². The lowest BCUT2D eigenvalue weighted by molar-refractivity contribution is -0.116. The summed E-state index contributed by atoms with van der Waals surface area (Å²) in [6.07, 6.45) is 0. The zero-order chi connectivity index (χ0) is 13.7. The molecule has 0 saturated carbocycles. The summed E-state index contributed by atoms with van der Waals surface area (Å²) in [6, 6.07) is 4.36. The molecule has 0 fully saturated rings. The number of benzene rings is 1. The molecule has 1 aromatic rings. The van der Waals surface area contributed by atoms with E-state index in [0.29, 0.717) is 12.2 Å². The van der Waals surface area contributed by atoms with Crippen molar-refractivity contribution in [1.82, 2.24) is 0 Å². The zero-order valence-corrected chi connectivity index (χ0v) is 11.3. The highest BCUT2D eigenvalue weighted by molar-refractivity contribution is 7.85. The highest BCUT2D eigenvalue weighted by Gasteiger charge is 2.37. The lowest BCUT2D eigenvalue weighted by Crippen LogP contribution is -2.32. The quantitative estimate of drug-likeness (QED) is 0.785. The van der Waals surface area contributed by atoms with Gasteiger partial charge < -0.3 is 4.90 Å². The molecule has 1 aromatic carbocycles. The molecular weight excluding hydrogens is 254 g/mol. The summed E-state index contributed by atoms with van der Waals surface area (Å²) in [5.41, 5.74) is 1.24. The molecular formula is C12H15NO4S. The van der Waals surface area contributed by atoms with Crippen molar-refractivity contribution < 1.29 is 17.8 Å². The molecule has 1 heterocycles. The summed E-state index contributed by atoms with van der Waals surface area (Å²) in [4.78, 5) is 12.9. The molecule has 0 aliphatic carbocycles. The van der Waals surface area contributed by atoms with Crippen LogP contribution in [0.3, 0.4) is 0 Å². The molecule has 0 atom stereocenters. The van der Waals surface area contributed by atoms with Gasteiger partial charge in [-0.1, -0.05) is 19.9 Å². The van der Waals surface area contributed by atoms with Gasteiger partial charge in [-0.25, -0.2) is 0 Å². The molecule has 1 N–H and O–H groups in total. The molecule has 0 saturated heterocycles. The minimum Gasteiger partial charge on any atom is -0.311 e. The molecule has 0 unspecified atom stereocenters. The van der Waals surface area contributed by atoms with Gasteiger partial charge in [-0.2, -0.15) is 8.42 Å². The van der Waals surface area contributed by atoms with Crippen LogP contribution in [0.1, 0.15) is 26.3 Å². The van der Waals surface area contributed by atoms with Crippen LogP contribution in [0.2, 0.25) is 0 Å². The largest absolute Gasteiger partial charge is 0.311 e. The second kappa shape index (κ2) is 3.80. The topological polar surface area (TPSA) is 74.7 Å². The van der Waals surface area contributed by atoms with Gasteiger partial charge in [-0.3, -0.25) is 9.35 Å². The Balaban J connectivity index is 2.65. The van der Waals surface area contributed by atoms with E-state index >= 15 is 0 Å². The first-order valence-electron chi connectivity index (χ1n) is 5.53. The van der Waals surface area contributed by atoms with Crippen molar-refractivity contribution in [3.63, 3.8) is 0 Å². The van der Waals surface area contributed by atoms with Crippen LogP contribution in [0.25, 0.3) is 0 Å². The fourth-order valence-electron chi connectivity index (χ4n) is 2.31. The number of anilines is 1. The van der Waals surface area contributed by atoms with Crippen LogP contribution < -0.4 is 4.90 Å². The minimum absolute atomic E-state index is 0.144. The normalized spacial score (nSPS) is 17.7. The Bertz CT molecular complexity index is 619. The number of carbonyl (C=O) groups excluding carboxylic acids is 1. The van der Waals surface area contributed by atoms with E-state index in [4.69, 9.17) is 4.55 Å². The molecule has 2 rings (SSSR count). The van der Waals surface area contributed by atoms with E-state index in [2.05, 4.69) is 0 Å². The van der Waals surface area contributed by atoms with E-state index in [0.717, 1.165) is 5.56 Å². The molecule has 0 radical (unpaired) electrons. The van der Waals surface area contributed by atoms with Crippen LogP contribution in [0.5, 0.6) is 0 Å². The number of hydrogen-bond acceptors (Lipinski definition) is 3. The van der Waals surface area contributed by atoms with Gasteiger partial charge in [0.15, 0.2) is 0 Å². The lowest BCUT2D eigenvalue weighted by Gasteiger charge is -2.19. The Morgan fingerprint density at radius 2 is 2.00 bits per heavy atom. The van der Waals surface area contributed by atoms with Crippen molar-refractivity contribution >= 4 is 21.7 Å². The smallest absolute Gasteiger partial charge is 0.294 e. The Morgan fingerprint density at radius 1 is 1.39 bits per heavy atom. The number of fused-ring (bicyclic) bond motifs is 1. The average Bonchev–Trinajstić information content (AvgIpc) is 2.49. The van der Waals surface area contributed by atoms with Crippen molar-refractivity contribution in [2.24, 2.45) is 0 Å². The number of hydrogen-bond donors (Lipinski definition) is 1. The van der Waals surface area contributed by atoms with Crippen LogP contribution in [-0.4, -0.2) is 25.4 Å². The van der Waals surface area contributed by atoms with Crippen molar-refractivity contribution in [3.8, 4) is 0 Å². The first kappa shape index (κ1) is 13.0. The van der Waals surface area contributed by atoms with Crippen molar-refractivity contribution in [3.05, 3.63) is 23.8 Å². The first-order valence-corrected chi connectivity index (χ1v) is 6.97. The second-order valence-electron chi connectivity index (χ2n) is 5.14. The molecule has 1 aliphatic heterocycles. The van der Waals surface area contributed by atoms with Gasteiger partial charge in [0.2, 0.25) is 5.91 Å². The average molecular weight is 269 g/mol. The fraction of sp³-hybridized carbons (Fsp3) is 0.417. The molecule has 5 nitrogen and oxygen atoms in total. The third kappa shape index (κ3) is 2.02. The summed E-state index contributed by atoms with van der Waals surface area (Å²) in [5, 5.41) is 0. The van der Waals surface area contributed by atoms with E-state index in [-0.39, 0.29) is 16.2 Å². The number of carbonyl (C=O) groups is 1. The predicted octanol–water partition coefficient (Wildman–Crippen LogP) is 1.58. The lowest BCUT2D eigenvalue weighted by atomic mass is 9.87. The standard InChI is InChI=1S/C12H15NO4S/c1-8(14)13-7-12(2,3)10-5-4-9(6-11(10)13)18(15,16)17/h4-6H,7H2,1-3H3,(H,15,16,17). The maximum atomic E-state index is 11.6. The van der Waals surface area contributed by atoms with Gasteiger partial charge in [0.1, 0.15) is 0 Å². The first-order chi connectivity index (χ1) is 8.13. The molecule has 1 aliphatic rings.